The van der Waals surface area contributed by atoms with E-state index in [9.17, 15) is 4.79 Å². The lowest BCUT2D eigenvalue weighted by atomic mass is 10.2. The summed E-state index contributed by atoms with van der Waals surface area (Å²) in [5, 5.41) is 0.786. The lowest BCUT2D eigenvalue weighted by Gasteiger charge is -2.31. The fourth-order valence-corrected chi connectivity index (χ4v) is 3.09. The first kappa shape index (κ1) is 12.6. The van der Waals surface area contributed by atoms with Crippen LogP contribution in [0.25, 0.3) is 0 Å². The molecule has 1 saturated heterocycles. The van der Waals surface area contributed by atoms with Crippen LogP contribution < -0.4 is 0 Å². The molecule has 0 spiro atoms. The third-order valence-electron chi connectivity index (χ3n) is 2.71. The summed E-state index contributed by atoms with van der Waals surface area (Å²) in [6, 6.07) is 0. The monoisotopic (exact) mass is 271 g/mol. The first-order valence-corrected chi connectivity index (χ1v) is 7.01. The Hall–Kier alpha value is -0.810. The molecule has 92 valence electrons. The third-order valence-corrected chi connectivity index (χ3v) is 4.26. The number of carbonyl (C=O) groups excluding carboxylic acids is 1. The first-order chi connectivity index (χ1) is 8.20. The summed E-state index contributed by atoms with van der Waals surface area (Å²) in [6.07, 6.45) is 3.98. The van der Waals surface area contributed by atoms with Gasteiger partial charge in [0.2, 0.25) is 0 Å². The Morgan fingerprint density at radius 1 is 1.65 bits per heavy atom. The van der Waals surface area contributed by atoms with Crippen molar-refractivity contribution in [2.45, 2.75) is 18.6 Å². The zero-order valence-corrected chi connectivity index (χ0v) is 11.2. The van der Waals surface area contributed by atoms with Crippen LogP contribution in [0.1, 0.15) is 23.8 Å². The number of hydrogen-bond acceptors (Lipinski definition) is 4. The minimum atomic E-state index is -0.0706. The van der Waals surface area contributed by atoms with E-state index in [2.05, 4.69) is 16.9 Å². The van der Waals surface area contributed by atoms with E-state index in [4.69, 9.17) is 11.6 Å². The number of amides is 1. The Morgan fingerprint density at radius 2 is 2.47 bits per heavy atom. The van der Waals surface area contributed by atoms with Crippen molar-refractivity contribution in [1.82, 2.24) is 14.9 Å². The van der Waals surface area contributed by atoms with E-state index in [0.717, 1.165) is 25.3 Å². The van der Waals surface area contributed by atoms with Crippen molar-refractivity contribution in [3.8, 4) is 0 Å². The van der Waals surface area contributed by atoms with Gasteiger partial charge in [0.25, 0.3) is 5.91 Å². The molecule has 1 aromatic heterocycles. The van der Waals surface area contributed by atoms with Crippen LogP contribution in [-0.2, 0) is 0 Å². The number of carbonyl (C=O) groups is 1. The minimum absolute atomic E-state index is 0.0706. The molecular formula is C11H14ClN3OS. The van der Waals surface area contributed by atoms with Crippen LogP contribution in [-0.4, -0.2) is 44.9 Å². The standard InChI is InChI=1S/C11H14ClN3OS/c1-2-8-7-15(3-4-17-8)11(16)9-5-13-6-10(12)14-9/h5-6,8H,2-4,7H2,1H3. The SMILES string of the molecule is CCC1CN(C(=O)c2cncc(Cl)n2)CCS1. The molecule has 0 bridgehead atoms. The van der Waals surface area contributed by atoms with Crippen molar-refractivity contribution in [1.29, 1.82) is 0 Å². The van der Waals surface area contributed by atoms with Crippen LogP contribution in [0, 0.1) is 0 Å². The van der Waals surface area contributed by atoms with Crippen LogP contribution in [0.2, 0.25) is 5.15 Å². The van der Waals surface area contributed by atoms with Crippen LogP contribution in [0.4, 0.5) is 0 Å². The Labute approximate surface area is 110 Å². The summed E-state index contributed by atoms with van der Waals surface area (Å²) in [7, 11) is 0. The third kappa shape index (κ3) is 3.10. The second-order valence-corrected chi connectivity index (χ2v) is 5.67. The van der Waals surface area contributed by atoms with Gasteiger partial charge in [-0.1, -0.05) is 18.5 Å². The summed E-state index contributed by atoms with van der Waals surface area (Å²) in [5.74, 6) is 0.914. The molecule has 0 saturated carbocycles. The van der Waals surface area contributed by atoms with Crippen LogP contribution in [0.15, 0.2) is 12.4 Å². The highest BCUT2D eigenvalue weighted by molar-refractivity contribution is 8.00. The van der Waals surface area contributed by atoms with E-state index < -0.39 is 0 Å². The lowest BCUT2D eigenvalue weighted by Crippen LogP contribution is -2.42. The number of hydrogen-bond donors (Lipinski definition) is 0. The molecule has 17 heavy (non-hydrogen) atoms. The predicted molar refractivity (Wildman–Crippen MR) is 69.5 cm³/mol. The summed E-state index contributed by atoms with van der Waals surface area (Å²) in [5.41, 5.74) is 0.333. The molecule has 1 aromatic rings. The van der Waals surface area contributed by atoms with Gasteiger partial charge >= 0.3 is 0 Å². The number of rotatable bonds is 2. The number of halogens is 1. The molecule has 1 unspecified atom stereocenters. The average Bonchev–Trinajstić information content (AvgIpc) is 2.38. The quantitative estimate of drug-likeness (QED) is 0.826. The fraction of sp³-hybridized carbons (Fsp3) is 0.545. The van der Waals surface area contributed by atoms with E-state index in [0.29, 0.717) is 10.9 Å². The molecule has 1 atom stereocenters. The van der Waals surface area contributed by atoms with E-state index in [1.54, 1.807) is 0 Å². The molecular weight excluding hydrogens is 258 g/mol. The number of nitrogens with zero attached hydrogens (tertiary/aromatic N) is 3. The smallest absolute Gasteiger partial charge is 0.274 e. The molecule has 0 radical (unpaired) electrons. The topological polar surface area (TPSA) is 46.1 Å². The fourth-order valence-electron chi connectivity index (χ4n) is 1.76. The van der Waals surface area contributed by atoms with E-state index in [-0.39, 0.29) is 11.1 Å². The van der Waals surface area contributed by atoms with Crippen LogP contribution in [0.5, 0.6) is 0 Å². The highest BCUT2D eigenvalue weighted by Crippen LogP contribution is 2.22. The van der Waals surface area contributed by atoms with Gasteiger partial charge in [0.15, 0.2) is 0 Å². The highest BCUT2D eigenvalue weighted by atomic mass is 35.5. The zero-order valence-electron chi connectivity index (χ0n) is 9.60. The predicted octanol–water partition coefficient (Wildman–Crippen LogP) is 2.10. The molecule has 1 fully saturated rings. The summed E-state index contributed by atoms with van der Waals surface area (Å²) in [4.78, 5) is 21.9. The van der Waals surface area contributed by atoms with Crippen LogP contribution in [0.3, 0.4) is 0 Å². The average molecular weight is 272 g/mol. The molecule has 0 aromatic carbocycles. The summed E-state index contributed by atoms with van der Waals surface area (Å²) in [6.45, 7) is 3.70. The van der Waals surface area contributed by atoms with Gasteiger partial charge < -0.3 is 4.90 Å². The van der Waals surface area contributed by atoms with E-state index in [1.807, 2.05) is 16.7 Å². The van der Waals surface area contributed by atoms with Crippen molar-refractivity contribution in [3.63, 3.8) is 0 Å². The van der Waals surface area contributed by atoms with Crippen molar-refractivity contribution in [2.75, 3.05) is 18.8 Å². The highest BCUT2D eigenvalue weighted by Gasteiger charge is 2.24. The Balaban J connectivity index is 2.09. The van der Waals surface area contributed by atoms with Crippen molar-refractivity contribution in [2.24, 2.45) is 0 Å². The summed E-state index contributed by atoms with van der Waals surface area (Å²) < 4.78 is 0. The van der Waals surface area contributed by atoms with E-state index >= 15 is 0 Å². The Morgan fingerprint density at radius 3 is 3.18 bits per heavy atom. The second kappa shape index (κ2) is 5.69. The van der Waals surface area contributed by atoms with Crippen molar-refractivity contribution >= 4 is 29.3 Å². The van der Waals surface area contributed by atoms with Gasteiger partial charge in [-0.2, -0.15) is 11.8 Å². The molecule has 6 heteroatoms. The molecule has 1 aliphatic rings. The molecule has 2 rings (SSSR count). The zero-order chi connectivity index (χ0) is 12.3. The molecule has 0 N–H and O–H groups in total. The molecule has 1 amide bonds. The molecule has 1 aliphatic heterocycles. The van der Waals surface area contributed by atoms with Gasteiger partial charge in [0.05, 0.1) is 12.4 Å². The van der Waals surface area contributed by atoms with Gasteiger partial charge in [-0.25, -0.2) is 4.98 Å². The normalized spacial score (nSPS) is 20.4. The first-order valence-electron chi connectivity index (χ1n) is 5.59. The Kier molecular flexibility index (Phi) is 4.23. The second-order valence-electron chi connectivity index (χ2n) is 3.88. The maximum Gasteiger partial charge on any atom is 0.274 e. The van der Waals surface area contributed by atoms with Crippen LogP contribution >= 0.6 is 23.4 Å². The van der Waals surface area contributed by atoms with Gasteiger partial charge in [0.1, 0.15) is 10.8 Å². The van der Waals surface area contributed by atoms with Gasteiger partial charge in [0, 0.05) is 24.1 Å². The van der Waals surface area contributed by atoms with Crippen molar-refractivity contribution < 1.29 is 4.79 Å². The number of aromatic nitrogens is 2. The number of thioether (sulfide) groups is 1. The van der Waals surface area contributed by atoms with Gasteiger partial charge in [-0.05, 0) is 6.42 Å². The molecule has 0 aliphatic carbocycles. The Bertz CT molecular complexity index is 415. The van der Waals surface area contributed by atoms with Crippen molar-refractivity contribution in [3.05, 3.63) is 23.2 Å². The van der Waals surface area contributed by atoms with E-state index in [1.165, 1.54) is 12.4 Å². The maximum absolute atomic E-state index is 12.2. The molecule has 2 heterocycles. The van der Waals surface area contributed by atoms with Gasteiger partial charge in [-0.15, -0.1) is 0 Å². The summed E-state index contributed by atoms with van der Waals surface area (Å²) >= 11 is 7.66. The lowest BCUT2D eigenvalue weighted by molar-refractivity contribution is 0.0754. The maximum atomic E-state index is 12.2. The molecule has 4 nitrogen and oxygen atoms in total. The van der Waals surface area contributed by atoms with Gasteiger partial charge in [-0.3, -0.25) is 9.78 Å². The minimum Gasteiger partial charge on any atom is -0.335 e. The largest absolute Gasteiger partial charge is 0.335 e.